The largest absolute Gasteiger partial charge is 0.378 e. The zero-order valence-electron chi connectivity index (χ0n) is 12.0. The molecule has 21 heavy (non-hydrogen) atoms. The molecule has 5 nitrogen and oxygen atoms in total. The third-order valence-electron chi connectivity index (χ3n) is 2.99. The first-order valence-corrected chi connectivity index (χ1v) is 8.08. The van der Waals surface area contributed by atoms with E-state index in [-0.39, 0.29) is 10.0 Å². The molecule has 1 aromatic carbocycles. The Morgan fingerprint density at radius 2 is 1.95 bits per heavy atom. The van der Waals surface area contributed by atoms with Gasteiger partial charge in [-0.1, -0.05) is 11.6 Å². The molecule has 1 heterocycles. The van der Waals surface area contributed by atoms with Gasteiger partial charge < -0.3 is 4.90 Å². The molecule has 7 heteroatoms. The summed E-state index contributed by atoms with van der Waals surface area (Å²) in [6.07, 6.45) is 1.44. The van der Waals surface area contributed by atoms with E-state index in [9.17, 15) is 8.42 Å². The molecule has 0 radical (unpaired) electrons. The highest BCUT2D eigenvalue weighted by Gasteiger charge is 2.19. The van der Waals surface area contributed by atoms with Crippen LogP contribution >= 0.6 is 11.6 Å². The van der Waals surface area contributed by atoms with Crippen LogP contribution < -0.4 is 9.62 Å². The standard InChI is InChI=1S/C14H16ClN3O2S/c1-10-9-11(18(2)3)6-7-12(10)17-21(19,20)13-5-4-8-16-14(13)15/h4-9,17H,1-3H3. The Hall–Kier alpha value is -1.79. The van der Waals surface area contributed by atoms with Gasteiger partial charge in [0.05, 0.1) is 5.69 Å². The smallest absolute Gasteiger partial charge is 0.264 e. The lowest BCUT2D eigenvalue weighted by atomic mass is 10.2. The van der Waals surface area contributed by atoms with Gasteiger partial charge in [0.15, 0.2) is 0 Å². The highest BCUT2D eigenvalue weighted by Crippen LogP contribution is 2.25. The molecular weight excluding hydrogens is 310 g/mol. The Morgan fingerprint density at radius 1 is 1.24 bits per heavy atom. The van der Waals surface area contributed by atoms with E-state index in [1.54, 1.807) is 6.07 Å². The van der Waals surface area contributed by atoms with Crippen LogP contribution in [0.4, 0.5) is 11.4 Å². The minimum Gasteiger partial charge on any atom is -0.378 e. The number of rotatable bonds is 4. The fraction of sp³-hybridized carbons (Fsp3) is 0.214. The Bertz CT molecular complexity index is 761. The Kier molecular flexibility index (Phi) is 4.39. The molecule has 0 saturated heterocycles. The third kappa shape index (κ3) is 3.46. The minimum absolute atomic E-state index is 0.0391. The van der Waals surface area contributed by atoms with Crippen molar-refractivity contribution < 1.29 is 8.42 Å². The van der Waals surface area contributed by atoms with Crippen molar-refractivity contribution in [1.82, 2.24) is 4.98 Å². The molecule has 0 fully saturated rings. The van der Waals surface area contributed by atoms with Crippen molar-refractivity contribution in [2.24, 2.45) is 0 Å². The Balaban J connectivity index is 2.36. The quantitative estimate of drug-likeness (QED) is 0.878. The number of anilines is 2. The molecule has 0 aliphatic carbocycles. The average molecular weight is 326 g/mol. The number of benzene rings is 1. The van der Waals surface area contributed by atoms with Crippen LogP contribution in [0.25, 0.3) is 0 Å². The van der Waals surface area contributed by atoms with Crippen molar-refractivity contribution in [2.45, 2.75) is 11.8 Å². The first-order chi connectivity index (χ1) is 9.81. The van der Waals surface area contributed by atoms with Crippen LogP contribution in [0.3, 0.4) is 0 Å². The van der Waals surface area contributed by atoms with E-state index >= 15 is 0 Å². The highest BCUT2D eigenvalue weighted by atomic mass is 35.5. The molecule has 0 atom stereocenters. The van der Waals surface area contributed by atoms with Crippen LogP contribution in [0.5, 0.6) is 0 Å². The number of nitrogens with one attached hydrogen (secondary N) is 1. The van der Waals surface area contributed by atoms with E-state index in [0.29, 0.717) is 5.69 Å². The topological polar surface area (TPSA) is 62.3 Å². The predicted octanol–water partition coefficient (Wildman–Crippen LogP) is 2.91. The van der Waals surface area contributed by atoms with Crippen molar-refractivity contribution in [3.8, 4) is 0 Å². The van der Waals surface area contributed by atoms with Crippen molar-refractivity contribution in [2.75, 3.05) is 23.7 Å². The minimum atomic E-state index is -3.76. The van der Waals surface area contributed by atoms with E-state index in [1.807, 2.05) is 38.1 Å². The van der Waals surface area contributed by atoms with Gasteiger partial charge >= 0.3 is 0 Å². The number of hydrogen-bond acceptors (Lipinski definition) is 4. The van der Waals surface area contributed by atoms with Gasteiger partial charge in [-0.05, 0) is 42.8 Å². The van der Waals surface area contributed by atoms with Crippen LogP contribution in [0, 0.1) is 6.92 Å². The van der Waals surface area contributed by atoms with E-state index in [2.05, 4.69) is 9.71 Å². The molecule has 0 bridgehead atoms. The van der Waals surface area contributed by atoms with E-state index in [0.717, 1.165) is 11.3 Å². The normalized spacial score (nSPS) is 11.2. The van der Waals surface area contributed by atoms with Crippen molar-refractivity contribution in [1.29, 1.82) is 0 Å². The van der Waals surface area contributed by atoms with Gasteiger partial charge in [0.2, 0.25) is 0 Å². The third-order valence-corrected chi connectivity index (χ3v) is 4.80. The number of pyridine rings is 1. The molecular formula is C14H16ClN3O2S. The van der Waals surface area contributed by atoms with E-state index in [1.165, 1.54) is 18.3 Å². The predicted molar refractivity (Wildman–Crippen MR) is 85.6 cm³/mol. The van der Waals surface area contributed by atoms with Gasteiger partial charge in [-0.25, -0.2) is 13.4 Å². The van der Waals surface area contributed by atoms with Crippen molar-refractivity contribution in [3.63, 3.8) is 0 Å². The van der Waals surface area contributed by atoms with E-state index < -0.39 is 10.0 Å². The molecule has 2 rings (SSSR count). The summed E-state index contributed by atoms with van der Waals surface area (Å²) in [4.78, 5) is 5.69. The van der Waals surface area contributed by atoms with Crippen LogP contribution in [-0.4, -0.2) is 27.5 Å². The average Bonchev–Trinajstić information content (AvgIpc) is 2.41. The summed E-state index contributed by atoms with van der Waals surface area (Å²) in [7, 11) is 0.0916. The Morgan fingerprint density at radius 3 is 2.52 bits per heavy atom. The summed E-state index contributed by atoms with van der Waals surface area (Å²) in [6, 6.07) is 8.43. The first-order valence-electron chi connectivity index (χ1n) is 6.22. The van der Waals surface area contributed by atoms with Crippen LogP contribution in [-0.2, 0) is 10.0 Å². The van der Waals surface area contributed by atoms with Crippen LogP contribution in [0.15, 0.2) is 41.4 Å². The summed E-state index contributed by atoms with van der Waals surface area (Å²) >= 11 is 5.84. The fourth-order valence-electron chi connectivity index (χ4n) is 1.81. The van der Waals surface area contributed by atoms with Gasteiger partial charge in [-0.3, -0.25) is 4.72 Å². The zero-order valence-corrected chi connectivity index (χ0v) is 13.5. The molecule has 0 aliphatic heterocycles. The summed E-state index contributed by atoms with van der Waals surface area (Å²) < 4.78 is 27.2. The number of halogens is 1. The fourth-order valence-corrected chi connectivity index (χ4v) is 3.40. The van der Waals surface area contributed by atoms with Crippen molar-refractivity contribution in [3.05, 3.63) is 47.2 Å². The second-order valence-corrected chi connectivity index (χ2v) is 6.80. The number of nitrogens with zero attached hydrogens (tertiary/aromatic N) is 2. The SMILES string of the molecule is Cc1cc(N(C)C)ccc1NS(=O)(=O)c1cccnc1Cl. The molecule has 0 spiro atoms. The molecule has 0 unspecified atom stereocenters. The lowest BCUT2D eigenvalue weighted by Crippen LogP contribution is -2.15. The first kappa shape index (κ1) is 15.6. The van der Waals surface area contributed by atoms with E-state index in [4.69, 9.17) is 11.6 Å². The number of hydrogen-bond donors (Lipinski definition) is 1. The monoisotopic (exact) mass is 325 g/mol. The van der Waals surface area contributed by atoms with Gasteiger partial charge in [-0.15, -0.1) is 0 Å². The van der Waals surface area contributed by atoms with Gasteiger partial charge in [-0.2, -0.15) is 0 Å². The lowest BCUT2D eigenvalue weighted by Gasteiger charge is -2.16. The molecule has 0 amide bonds. The maximum Gasteiger partial charge on any atom is 0.264 e. The summed E-state index contributed by atoms with van der Waals surface area (Å²) in [5, 5.41) is -0.0486. The number of aromatic nitrogens is 1. The second kappa shape index (κ2) is 5.91. The number of sulfonamides is 1. The number of aryl methyl sites for hydroxylation is 1. The summed E-state index contributed by atoms with van der Waals surface area (Å²) in [5.41, 5.74) is 2.33. The lowest BCUT2D eigenvalue weighted by molar-refractivity contribution is 0.601. The summed E-state index contributed by atoms with van der Waals surface area (Å²) in [5.74, 6) is 0. The van der Waals surface area contributed by atoms with Gasteiger partial charge in [0.1, 0.15) is 10.0 Å². The molecule has 1 aromatic heterocycles. The van der Waals surface area contributed by atoms with Crippen LogP contribution in [0.2, 0.25) is 5.15 Å². The molecule has 0 saturated carbocycles. The highest BCUT2D eigenvalue weighted by molar-refractivity contribution is 7.92. The maximum absolute atomic E-state index is 12.3. The van der Waals surface area contributed by atoms with Crippen LogP contribution in [0.1, 0.15) is 5.56 Å². The second-order valence-electron chi connectivity index (χ2n) is 4.79. The van der Waals surface area contributed by atoms with Crippen molar-refractivity contribution >= 4 is 33.0 Å². The summed E-state index contributed by atoms with van der Waals surface area (Å²) in [6.45, 7) is 1.84. The Labute approximate surface area is 129 Å². The molecule has 2 aromatic rings. The molecule has 0 aliphatic rings. The maximum atomic E-state index is 12.3. The molecule has 112 valence electrons. The molecule has 1 N–H and O–H groups in total. The zero-order chi connectivity index (χ0) is 15.6. The van der Waals surface area contributed by atoms with Gasteiger partial charge in [0.25, 0.3) is 10.0 Å². The van der Waals surface area contributed by atoms with Gasteiger partial charge in [0, 0.05) is 26.0 Å².